The number of carbonyl (C=O) groups excluding carboxylic acids is 1. The van der Waals surface area contributed by atoms with E-state index in [1.54, 1.807) is 41.2 Å². The number of piperidine rings is 1. The molecule has 0 unspecified atom stereocenters. The van der Waals surface area contributed by atoms with Crippen molar-refractivity contribution >= 4 is 52.2 Å². The minimum Gasteiger partial charge on any atom is -0.493 e. The normalized spacial score (nSPS) is 14.7. The number of likely N-dealkylation sites (N-methyl/N-ethyl adjacent to an activating group) is 1. The Balaban J connectivity index is 0.000000123. The van der Waals surface area contributed by atoms with E-state index in [2.05, 4.69) is 81.9 Å². The maximum Gasteiger partial charge on any atom is 0.208 e. The van der Waals surface area contributed by atoms with Gasteiger partial charge < -0.3 is 44.9 Å². The second-order valence-corrected chi connectivity index (χ2v) is 26.1. The number of imidazole rings is 3. The number of anilines is 5. The van der Waals surface area contributed by atoms with Crippen LogP contribution in [-0.2, 0) is 38.9 Å². The summed E-state index contributed by atoms with van der Waals surface area (Å²) in [5, 5.41) is 9.85. The van der Waals surface area contributed by atoms with Crippen molar-refractivity contribution in [2.75, 3.05) is 91.9 Å². The fourth-order valence-electron chi connectivity index (χ4n) is 14.0. The highest BCUT2D eigenvalue weighted by atomic mass is 19.1. The second kappa shape index (κ2) is 28.2. The van der Waals surface area contributed by atoms with Crippen LogP contribution in [0.15, 0.2) is 122 Å². The lowest BCUT2D eigenvalue weighted by Gasteiger charge is -2.33. The van der Waals surface area contributed by atoms with E-state index in [4.69, 9.17) is 39.1 Å². The van der Waals surface area contributed by atoms with E-state index in [0.717, 1.165) is 159 Å². The van der Waals surface area contributed by atoms with Crippen molar-refractivity contribution in [1.29, 1.82) is 0 Å². The molecule has 5 aliphatic rings. The quantitative estimate of drug-likeness (QED) is 0.0812. The largest absolute Gasteiger partial charge is 0.493 e. The minimum atomic E-state index is -0.286. The van der Waals surface area contributed by atoms with Gasteiger partial charge in [0.2, 0.25) is 17.8 Å². The van der Waals surface area contributed by atoms with Gasteiger partial charge in [0.1, 0.15) is 69.0 Å². The molecule has 2 fully saturated rings. The van der Waals surface area contributed by atoms with Gasteiger partial charge in [0.25, 0.3) is 0 Å². The van der Waals surface area contributed by atoms with Gasteiger partial charge in [-0.2, -0.15) is 0 Å². The second-order valence-electron chi connectivity index (χ2n) is 26.1. The molecular formula is C76H77F3N18O4. The number of nitrogens with zero attached hydrogens (tertiary/aromatic N) is 15. The Morgan fingerprint density at radius 3 is 1.44 bits per heavy atom. The van der Waals surface area contributed by atoms with Crippen LogP contribution in [0.5, 0.6) is 17.2 Å². The summed E-state index contributed by atoms with van der Waals surface area (Å²) < 4.78 is 66.1. The van der Waals surface area contributed by atoms with Gasteiger partial charge in [-0.3, -0.25) is 23.0 Å². The van der Waals surface area contributed by atoms with Crippen LogP contribution in [0.4, 0.5) is 42.7 Å². The van der Waals surface area contributed by atoms with Gasteiger partial charge >= 0.3 is 0 Å². The number of piperazine rings is 1. The standard InChI is InChI=1S/C27H30FN7O.C26H27FN6O.C23H20FN5O2/c1-17-16-35-26(31-17)22(19-4-7-25(32-18(19)2)34-11-9-33(3)10-12-34)15-30-27(35)29-14-21-20-8-13-36-24(20)6-5-23(21)28;1-17-16-33-25(31-17)20(18-5-8-24(28-13-18)32-10-3-2-4-11-32)14-29-26(33)30-15-21-19-9-12-34-23(19)7-6-22(21)27;1-13-15(4-3-8-25-13)18-11-27-23(29-12-20(14(2)30)28-22(18)29)26-10-17-16-7-9-31-21(16)6-5-19(17)24/h4-7,15-16H,8-14H2,1-3H3,(H,29,30);5-8,13-14,16H,2-4,9-12,15H2,1H3,(H,29,30);3-6,8,11-12H,7,9-10H2,1-2H3,(H,26,27). The summed E-state index contributed by atoms with van der Waals surface area (Å²) in [7, 11) is 2.15. The maximum atomic E-state index is 14.6. The molecule has 0 aliphatic carbocycles. The highest BCUT2D eigenvalue weighted by molar-refractivity contribution is 5.94. The summed E-state index contributed by atoms with van der Waals surface area (Å²) in [6.45, 7) is 18.1. The fourth-order valence-corrected chi connectivity index (χ4v) is 14.0. The van der Waals surface area contributed by atoms with Crippen LogP contribution in [0.2, 0.25) is 0 Å². The number of halogens is 3. The van der Waals surface area contributed by atoms with Gasteiger partial charge in [-0.05, 0) is 121 Å². The van der Waals surface area contributed by atoms with Crippen LogP contribution in [-0.4, -0.2) is 135 Å². The molecule has 0 saturated carbocycles. The first kappa shape index (κ1) is 65.7. The molecule has 0 spiro atoms. The number of pyridine rings is 3. The zero-order valence-electron chi connectivity index (χ0n) is 57.3. The summed E-state index contributed by atoms with van der Waals surface area (Å²) in [6.07, 6.45) is 20.4. The molecule has 516 valence electrons. The molecule has 3 N–H and O–H groups in total. The molecule has 2 saturated heterocycles. The van der Waals surface area contributed by atoms with Gasteiger partial charge in [0.15, 0.2) is 5.78 Å². The van der Waals surface area contributed by atoms with Crippen molar-refractivity contribution in [3.05, 3.63) is 202 Å². The molecule has 5 aliphatic heterocycles. The van der Waals surface area contributed by atoms with Crippen molar-refractivity contribution in [2.45, 2.75) is 92.8 Å². The summed E-state index contributed by atoms with van der Waals surface area (Å²) in [5.74, 6) is 5.09. The molecule has 0 amide bonds. The first-order chi connectivity index (χ1) is 49.2. The van der Waals surface area contributed by atoms with E-state index < -0.39 is 0 Å². The van der Waals surface area contributed by atoms with Crippen molar-refractivity contribution in [3.63, 3.8) is 0 Å². The van der Waals surface area contributed by atoms with E-state index in [9.17, 15) is 18.0 Å². The van der Waals surface area contributed by atoms with Crippen molar-refractivity contribution < 1.29 is 32.2 Å². The lowest BCUT2D eigenvalue weighted by molar-refractivity contribution is 0.101. The molecule has 22 nitrogen and oxygen atoms in total. The van der Waals surface area contributed by atoms with Crippen LogP contribution in [0.3, 0.4) is 0 Å². The predicted molar refractivity (Wildman–Crippen MR) is 382 cm³/mol. The molecule has 9 aromatic heterocycles. The smallest absolute Gasteiger partial charge is 0.208 e. The molecule has 17 rings (SSSR count). The summed E-state index contributed by atoms with van der Waals surface area (Å²) in [6, 6.07) is 21.6. The lowest BCUT2D eigenvalue weighted by Crippen LogP contribution is -2.44. The van der Waals surface area contributed by atoms with Crippen LogP contribution in [0.25, 0.3) is 50.3 Å². The summed E-state index contributed by atoms with van der Waals surface area (Å²) >= 11 is 0. The number of hydrogen-bond donors (Lipinski definition) is 3. The fraction of sp³-hybridized carbons (Fsp3) is 0.316. The van der Waals surface area contributed by atoms with Gasteiger partial charge in [0.05, 0.1) is 31.2 Å². The Bertz CT molecular complexity index is 5120. The van der Waals surface area contributed by atoms with Crippen molar-refractivity contribution in [3.8, 4) is 50.6 Å². The number of Topliss-reactive ketones (excluding diaryl/α,β-unsaturated/α-hetero) is 1. The number of ether oxygens (including phenoxy) is 3. The topological polar surface area (TPSA) is 220 Å². The molecular weight excluding hydrogens is 1290 g/mol. The zero-order chi connectivity index (χ0) is 69.4. The van der Waals surface area contributed by atoms with Crippen LogP contribution in [0, 0.1) is 45.1 Å². The van der Waals surface area contributed by atoms with E-state index in [1.165, 1.54) is 44.4 Å². The number of aryl methyl sites for hydroxylation is 4. The number of fused-ring (bicyclic) bond motifs is 6. The predicted octanol–water partition coefficient (Wildman–Crippen LogP) is 12.6. The molecule has 0 atom stereocenters. The first-order valence-corrected chi connectivity index (χ1v) is 34.3. The molecule has 3 aromatic carbocycles. The van der Waals surface area contributed by atoms with Crippen LogP contribution in [0.1, 0.15) is 92.8 Å². The van der Waals surface area contributed by atoms with Crippen molar-refractivity contribution in [1.82, 2.24) is 63.0 Å². The minimum absolute atomic E-state index is 0.146. The van der Waals surface area contributed by atoms with Crippen LogP contribution < -0.4 is 40.0 Å². The Kier molecular flexibility index (Phi) is 18.3. The van der Waals surface area contributed by atoms with E-state index in [-0.39, 0.29) is 29.8 Å². The molecule has 12 aromatic rings. The third-order valence-electron chi connectivity index (χ3n) is 19.4. The molecule has 0 bridgehead atoms. The third kappa shape index (κ3) is 13.4. The Morgan fingerprint density at radius 1 is 0.465 bits per heavy atom. The number of hydrogen-bond acceptors (Lipinski definition) is 19. The molecule has 101 heavy (non-hydrogen) atoms. The highest BCUT2D eigenvalue weighted by Gasteiger charge is 2.26. The van der Waals surface area contributed by atoms with Gasteiger partial charge in [-0.25, -0.2) is 53.0 Å². The Morgan fingerprint density at radius 2 is 0.941 bits per heavy atom. The number of benzene rings is 3. The van der Waals surface area contributed by atoms with Gasteiger partial charge in [-0.1, -0.05) is 6.07 Å². The number of ketones is 1. The number of nitrogens with one attached hydrogen (secondary N) is 3. The van der Waals surface area contributed by atoms with E-state index in [0.29, 0.717) is 91.6 Å². The van der Waals surface area contributed by atoms with E-state index >= 15 is 0 Å². The third-order valence-corrected chi connectivity index (χ3v) is 19.4. The van der Waals surface area contributed by atoms with Crippen molar-refractivity contribution in [2.24, 2.45) is 0 Å². The average Bonchev–Trinajstić information content (AvgIpc) is 1.69. The SMILES string of the molecule is CC(=O)c1cn2c(NCc3c(F)ccc4c3CCO4)ncc(-c3cccnc3C)c2n1.Cc1cn2c(NCc3c(F)ccc4c3CCO4)ncc(-c3ccc(N4CCCCC4)nc3)c2n1.Cc1cn2c(NCc3c(F)ccc4c3CCO4)ncc(-c3ccc(N4CCN(C)CC4)nc3C)c2n1. The molecule has 0 radical (unpaired) electrons. The number of carbonyl (C=O) groups is 1. The lowest BCUT2D eigenvalue weighted by atomic mass is 10.0. The number of aromatic nitrogens is 12. The maximum absolute atomic E-state index is 14.6. The Hall–Kier alpha value is -11.2. The monoisotopic (exact) mass is 1360 g/mol. The summed E-state index contributed by atoms with van der Waals surface area (Å²) in [4.78, 5) is 61.0. The van der Waals surface area contributed by atoms with Gasteiger partial charge in [-0.15, -0.1) is 0 Å². The summed E-state index contributed by atoms with van der Waals surface area (Å²) in [5.41, 5.74) is 16.1. The molecule has 14 heterocycles. The number of rotatable bonds is 15. The van der Waals surface area contributed by atoms with E-state index in [1.807, 2.05) is 79.6 Å². The zero-order valence-corrected chi connectivity index (χ0v) is 57.3. The van der Waals surface area contributed by atoms with Crippen LogP contribution >= 0.6 is 0 Å². The van der Waals surface area contributed by atoms with Gasteiger partial charge in [0, 0.05) is 213 Å². The average molecular weight is 1360 g/mol. The Labute approximate surface area is 581 Å². The molecule has 25 heteroatoms. The highest BCUT2D eigenvalue weighted by Crippen LogP contribution is 2.37. The first-order valence-electron chi connectivity index (χ1n) is 34.3.